The molecule has 232 valence electrons. The van der Waals surface area contributed by atoms with Crippen LogP contribution in [0.2, 0.25) is 0 Å². The second-order valence-electron chi connectivity index (χ2n) is 9.60. The van der Waals surface area contributed by atoms with Crippen LogP contribution in [-0.2, 0) is 26.0 Å². The van der Waals surface area contributed by atoms with Crippen molar-refractivity contribution in [3.8, 4) is 17.2 Å². The summed E-state index contributed by atoms with van der Waals surface area (Å²) in [4.78, 5) is 28.5. The lowest BCUT2D eigenvalue weighted by Gasteiger charge is -2.33. The lowest BCUT2D eigenvalue weighted by molar-refractivity contribution is -0.139. The molecule has 0 radical (unpaired) electrons. The number of ether oxygens (including phenoxy) is 3. The van der Waals surface area contributed by atoms with E-state index in [9.17, 15) is 18.0 Å². The summed E-state index contributed by atoms with van der Waals surface area (Å²) in [5, 5.41) is 2.81. The van der Waals surface area contributed by atoms with Crippen LogP contribution in [0.25, 0.3) is 0 Å². The van der Waals surface area contributed by atoms with E-state index in [0.29, 0.717) is 37.5 Å². The van der Waals surface area contributed by atoms with Gasteiger partial charge in [0.1, 0.15) is 18.3 Å². The molecule has 0 aromatic heterocycles. The predicted octanol–water partition coefficient (Wildman–Crippen LogP) is 4.28. The Morgan fingerprint density at radius 1 is 0.884 bits per heavy atom. The molecule has 1 N–H and O–H groups in total. The summed E-state index contributed by atoms with van der Waals surface area (Å²) in [5.74, 6) is 0.361. The Kier molecular flexibility index (Phi) is 12.2. The fraction of sp³-hybridized carbons (Fsp3) is 0.375. The SMILES string of the molecule is CCNC(=O)C(CC)N(CCc1ccccc1)C(=O)CN(c1ccc(OCC)cc1)S(=O)(=O)c1ccc(OC)c(OC)c1. The minimum absolute atomic E-state index is 0.0848. The summed E-state index contributed by atoms with van der Waals surface area (Å²) >= 11 is 0. The molecule has 0 fully saturated rings. The third-order valence-corrected chi connectivity index (χ3v) is 8.65. The van der Waals surface area contributed by atoms with Crippen molar-refractivity contribution in [3.63, 3.8) is 0 Å². The van der Waals surface area contributed by atoms with Crippen molar-refractivity contribution in [2.75, 3.05) is 44.8 Å². The van der Waals surface area contributed by atoms with E-state index in [0.717, 1.165) is 9.87 Å². The largest absolute Gasteiger partial charge is 0.494 e. The van der Waals surface area contributed by atoms with E-state index in [1.54, 1.807) is 24.3 Å². The Balaban J connectivity index is 2.06. The number of anilines is 1. The molecular formula is C32H41N3O7S. The zero-order valence-corrected chi connectivity index (χ0v) is 26.2. The summed E-state index contributed by atoms with van der Waals surface area (Å²) in [6, 6.07) is 19.6. The number of benzene rings is 3. The van der Waals surface area contributed by atoms with Crippen molar-refractivity contribution in [2.45, 2.75) is 44.6 Å². The normalized spacial score (nSPS) is 11.7. The van der Waals surface area contributed by atoms with Crippen molar-refractivity contribution in [1.82, 2.24) is 10.2 Å². The number of hydrogen-bond donors (Lipinski definition) is 1. The number of carbonyl (C=O) groups is 2. The first-order chi connectivity index (χ1) is 20.7. The third-order valence-electron chi connectivity index (χ3n) is 6.88. The Morgan fingerprint density at radius 3 is 2.14 bits per heavy atom. The second-order valence-corrected chi connectivity index (χ2v) is 11.5. The fourth-order valence-corrected chi connectivity index (χ4v) is 6.13. The number of carbonyl (C=O) groups excluding carboxylic acids is 2. The van der Waals surface area contributed by atoms with Crippen LogP contribution in [0, 0.1) is 0 Å². The highest BCUT2D eigenvalue weighted by molar-refractivity contribution is 7.92. The molecule has 0 aliphatic carbocycles. The minimum atomic E-state index is -4.29. The molecule has 0 spiro atoms. The second kappa shape index (κ2) is 15.8. The van der Waals surface area contributed by atoms with Gasteiger partial charge in [0.25, 0.3) is 10.0 Å². The number of nitrogens with one attached hydrogen (secondary N) is 1. The van der Waals surface area contributed by atoms with Crippen molar-refractivity contribution < 1.29 is 32.2 Å². The maximum atomic E-state index is 14.2. The molecule has 0 aliphatic heterocycles. The molecule has 0 saturated heterocycles. The molecular weight excluding hydrogens is 570 g/mol. The van der Waals surface area contributed by atoms with E-state index in [2.05, 4.69) is 5.32 Å². The number of likely N-dealkylation sites (N-methyl/N-ethyl adjacent to an activating group) is 1. The predicted molar refractivity (Wildman–Crippen MR) is 166 cm³/mol. The zero-order chi connectivity index (χ0) is 31.4. The quantitative estimate of drug-likeness (QED) is 0.257. The van der Waals surface area contributed by atoms with E-state index in [-0.39, 0.29) is 28.8 Å². The van der Waals surface area contributed by atoms with Crippen molar-refractivity contribution in [2.24, 2.45) is 0 Å². The molecule has 0 bridgehead atoms. The molecule has 0 heterocycles. The van der Waals surface area contributed by atoms with Gasteiger partial charge in [-0.15, -0.1) is 0 Å². The summed E-state index contributed by atoms with van der Waals surface area (Å²) in [7, 11) is -1.41. The van der Waals surface area contributed by atoms with Crippen LogP contribution in [-0.4, -0.2) is 71.6 Å². The van der Waals surface area contributed by atoms with Crippen molar-refractivity contribution in [3.05, 3.63) is 78.4 Å². The number of amides is 2. The highest BCUT2D eigenvalue weighted by Gasteiger charge is 2.33. The van der Waals surface area contributed by atoms with Gasteiger partial charge in [-0.25, -0.2) is 8.42 Å². The van der Waals surface area contributed by atoms with Gasteiger partial charge in [-0.1, -0.05) is 37.3 Å². The first kappa shape index (κ1) is 33.3. The van der Waals surface area contributed by atoms with E-state index in [1.807, 2.05) is 51.1 Å². The Morgan fingerprint density at radius 2 is 1.56 bits per heavy atom. The smallest absolute Gasteiger partial charge is 0.264 e. The Bertz CT molecular complexity index is 1450. The van der Waals surface area contributed by atoms with Gasteiger partial charge < -0.3 is 24.4 Å². The lowest BCUT2D eigenvalue weighted by Crippen LogP contribution is -2.53. The average Bonchev–Trinajstić information content (AvgIpc) is 3.02. The van der Waals surface area contributed by atoms with Crippen LogP contribution >= 0.6 is 0 Å². The van der Waals surface area contributed by atoms with Crippen LogP contribution in [0.15, 0.2) is 77.7 Å². The molecule has 1 atom stereocenters. The van der Waals surface area contributed by atoms with Gasteiger partial charge in [-0.05, 0) is 68.7 Å². The maximum Gasteiger partial charge on any atom is 0.264 e. The molecule has 0 aliphatic rings. The number of rotatable bonds is 16. The van der Waals surface area contributed by atoms with Crippen molar-refractivity contribution in [1.29, 1.82) is 0 Å². The van der Waals surface area contributed by atoms with Crippen LogP contribution < -0.4 is 23.8 Å². The van der Waals surface area contributed by atoms with Crippen LogP contribution in [0.5, 0.6) is 17.2 Å². The average molecular weight is 612 g/mol. The maximum absolute atomic E-state index is 14.2. The number of sulfonamides is 1. The third kappa shape index (κ3) is 8.41. The van der Waals surface area contributed by atoms with E-state index in [1.165, 1.54) is 37.3 Å². The van der Waals surface area contributed by atoms with E-state index >= 15 is 0 Å². The highest BCUT2D eigenvalue weighted by Crippen LogP contribution is 2.33. The molecule has 10 nitrogen and oxygen atoms in total. The van der Waals surface area contributed by atoms with Crippen LogP contribution in [0.4, 0.5) is 5.69 Å². The Hall–Kier alpha value is -4.25. The summed E-state index contributed by atoms with van der Waals surface area (Å²) in [5.41, 5.74) is 1.26. The van der Waals surface area contributed by atoms with Gasteiger partial charge in [-0.3, -0.25) is 13.9 Å². The molecule has 3 aromatic carbocycles. The molecule has 0 saturated carbocycles. The van der Waals surface area contributed by atoms with Gasteiger partial charge >= 0.3 is 0 Å². The fourth-order valence-electron chi connectivity index (χ4n) is 4.70. The lowest BCUT2D eigenvalue weighted by atomic mass is 10.1. The topological polar surface area (TPSA) is 114 Å². The number of methoxy groups -OCH3 is 2. The first-order valence-corrected chi connectivity index (χ1v) is 15.7. The number of nitrogens with zero attached hydrogens (tertiary/aromatic N) is 2. The van der Waals surface area contributed by atoms with E-state index < -0.39 is 28.5 Å². The highest BCUT2D eigenvalue weighted by atomic mass is 32.2. The van der Waals surface area contributed by atoms with Crippen LogP contribution in [0.1, 0.15) is 32.8 Å². The molecule has 11 heteroatoms. The number of hydrogen-bond acceptors (Lipinski definition) is 7. The van der Waals surface area contributed by atoms with Gasteiger partial charge in [0.2, 0.25) is 11.8 Å². The summed E-state index contributed by atoms with van der Waals surface area (Å²) in [6.45, 7) is 6.03. The minimum Gasteiger partial charge on any atom is -0.494 e. The van der Waals surface area contributed by atoms with Gasteiger partial charge in [0.15, 0.2) is 11.5 Å². The molecule has 2 amide bonds. The molecule has 3 rings (SSSR count). The monoisotopic (exact) mass is 611 g/mol. The zero-order valence-electron chi connectivity index (χ0n) is 25.4. The summed E-state index contributed by atoms with van der Waals surface area (Å²) in [6.07, 6.45) is 0.853. The van der Waals surface area contributed by atoms with Gasteiger partial charge in [0, 0.05) is 19.2 Å². The molecule has 1 unspecified atom stereocenters. The first-order valence-electron chi connectivity index (χ1n) is 14.3. The van der Waals surface area contributed by atoms with Crippen molar-refractivity contribution >= 4 is 27.5 Å². The summed E-state index contributed by atoms with van der Waals surface area (Å²) < 4.78 is 45.6. The van der Waals surface area contributed by atoms with Crippen LogP contribution in [0.3, 0.4) is 0 Å². The molecule has 43 heavy (non-hydrogen) atoms. The standard InChI is InChI=1S/C32H41N3O7S/c1-6-28(32(37)33-7-2)34(21-20-24-12-10-9-11-13-24)31(36)23-35(25-14-16-26(17-15-25)42-8-3)43(38,39)27-18-19-29(40-4)30(22-27)41-5/h9-19,22,28H,6-8,20-21,23H2,1-5H3,(H,33,37). The Labute approximate surface area is 254 Å². The van der Waals surface area contributed by atoms with Gasteiger partial charge in [0.05, 0.1) is 31.4 Å². The van der Waals surface area contributed by atoms with Gasteiger partial charge in [-0.2, -0.15) is 0 Å². The molecule has 3 aromatic rings. The van der Waals surface area contributed by atoms with E-state index in [4.69, 9.17) is 14.2 Å².